The first-order valence-electron chi connectivity index (χ1n) is 13.8. The fourth-order valence-electron chi connectivity index (χ4n) is 5.29. The Labute approximate surface area is 244 Å². The third kappa shape index (κ3) is 6.29. The molecule has 2 amide bonds. The van der Waals surface area contributed by atoms with Crippen molar-refractivity contribution in [3.8, 4) is 17.0 Å². The number of aromatic nitrogens is 2. The van der Waals surface area contributed by atoms with Crippen LogP contribution in [-0.2, 0) is 16.1 Å². The molecule has 1 aromatic heterocycles. The number of hydrogen-bond acceptors (Lipinski definition) is 8. The molecule has 0 aliphatic carbocycles. The number of ether oxygens (including phenoxy) is 2. The molecule has 2 aliphatic heterocycles. The van der Waals surface area contributed by atoms with Crippen LogP contribution in [0.4, 0.5) is 5.95 Å². The summed E-state index contributed by atoms with van der Waals surface area (Å²) < 4.78 is 10.7. The van der Waals surface area contributed by atoms with Crippen LogP contribution in [0.25, 0.3) is 11.3 Å². The SMILES string of the molecule is CCC(C(=O)NC(CO)c1cccc(OC)c1)N1Cc2ccc(-c3nc(NC4CCOCC4)ncc3Cl)cc2C1=O. The standard InChI is InChI=1S/C30H34ClN5O5/c1-3-26(28(38)34-25(17-37)18-5-4-6-22(13-18)40-2)36-16-20-8-7-19(14-23(20)29(36)39)27-24(31)15-32-30(35-27)33-21-9-11-41-12-10-21/h4-8,13-15,21,25-26,37H,3,9-12,16-17H2,1-2H3,(H,34,38)(H,32,33,35). The van der Waals surface area contributed by atoms with Gasteiger partial charge in [-0.3, -0.25) is 9.59 Å². The topological polar surface area (TPSA) is 126 Å². The zero-order chi connectivity index (χ0) is 28.9. The Hall–Kier alpha value is -3.73. The van der Waals surface area contributed by atoms with E-state index in [1.807, 2.05) is 25.1 Å². The number of fused-ring (bicyclic) bond motifs is 1. The number of hydrogen-bond donors (Lipinski definition) is 3. The normalized spacial score (nSPS) is 16.7. The maximum absolute atomic E-state index is 13.6. The molecule has 0 spiro atoms. The minimum absolute atomic E-state index is 0.222. The summed E-state index contributed by atoms with van der Waals surface area (Å²) in [6.07, 6.45) is 3.71. The number of aliphatic hydroxyl groups is 1. The molecule has 3 heterocycles. The van der Waals surface area contributed by atoms with Gasteiger partial charge in [-0.05, 0) is 48.6 Å². The van der Waals surface area contributed by atoms with Crippen molar-refractivity contribution in [3.05, 3.63) is 70.4 Å². The van der Waals surface area contributed by atoms with Crippen molar-refractivity contribution in [2.24, 2.45) is 0 Å². The largest absolute Gasteiger partial charge is 0.497 e. The molecule has 3 N–H and O–H groups in total. The van der Waals surface area contributed by atoms with Gasteiger partial charge in [0, 0.05) is 36.9 Å². The predicted octanol–water partition coefficient (Wildman–Crippen LogP) is 3.98. The minimum Gasteiger partial charge on any atom is -0.497 e. The number of nitrogens with zero attached hydrogens (tertiary/aromatic N) is 3. The number of nitrogens with one attached hydrogen (secondary N) is 2. The van der Waals surface area contributed by atoms with Gasteiger partial charge in [-0.1, -0.05) is 42.8 Å². The van der Waals surface area contributed by atoms with Crippen LogP contribution in [0.15, 0.2) is 48.7 Å². The summed E-state index contributed by atoms with van der Waals surface area (Å²) in [6, 6.07) is 11.6. The van der Waals surface area contributed by atoms with Crippen LogP contribution < -0.4 is 15.4 Å². The molecule has 5 rings (SSSR count). The maximum atomic E-state index is 13.6. The molecule has 216 valence electrons. The highest BCUT2D eigenvalue weighted by molar-refractivity contribution is 6.33. The third-order valence-electron chi connectivity index (χ3n) is 7.57. The Balaban J connectivity index is 1.33. The number of aliphatic hydroxyl groups excluding tert-OH is 1. The van der Waals surface area contributed by atoms with Gasteiger partial charge in [-0.15, -0.1) is 0 Å². The third-order valence-corrected chi connectivity index (χ3v) is 7.85. The van der Waals surface area contributed by atoms with Crippen LogP contribution in [-0.4, -0.2) is 70.8 Å². The van der Waals surface area contributed by atoms with E-state index in [2.05, 4.69) is 20.6 Å². The number of carbonyl (C=O) groups excluding carboxylic acids is 2. The van der Waals surface area contributed by atoms with E-state index in [0.29, 0.717) is 65.3 Å². The Morgan fingerprint density at radius 1 is 1.24 bits per heavy atom. The predicted molar refractivity (Wildman–Crippen MR) is 155 cm³/mol. The lowest BCUT2D eigenvalue weighted by molar-refractivity contribution is -0.127. The highest BCUT2D eigenvalue weighted by Crippen LogP contribution is 2.33. The van der Waals surface area contributed by atoms with Crippen molar-refractivity contribution in [2.45, 2.75) is 50.9 Å². The van der Waals surface area contributed by atoms with Crippen molar-refractivity contribution in [1.82, 2.24) is 20.2 Å². The molecular formula is C30H34ClN5O5. The number of benzene rings is 2. The molecule has 41 heavy (non-hydrogen) atoms. The molecule has 2 aromatic carbocycles. The maximum Gasteiger partial charge on any atom is 0.255 e. The van der Waals surface area contributed by atoms with Crippen molar-refractivity contribution < 1.29 is 24.2 Å². The van der Waals surface area contributed by atoms with Crippen molar-refractivity contribution in [1.29, 1.82) is 0 Å². The van der Waals surface area contributed by atoms with E-state index in [1.165, 1.54) is 0 Å². The molecule has 2 unspecified atom stereocenters. The number of methoxy groups -OCH3 is 1. The molecule has 2 atom stereocenters. The molecule has 3 aromatic rings. The van der Waals surface area contributed by atoms with Gasteiger partial charge >= 0.3 is 0 Å². The highest BCUT2D eigenvalue weighted by Gasteiger charge is 2.36. The molecule has 10 nitrogen and oxygen atoms in total. The van der Waals surface area contributed by atoms with E-state index in [4.69, 9.17) is 21.1 Å². The van der Waals surface area contributed by atoms with E-state index >= 15 is 0 Å². The second-order valence-corrected chi connectivity index (χ2v) is 10.6. The van der Waals surface area contributed by atoms with E-state index in [-0.39, 0.29) is 24.5 Å². The lowest BCUT2D eigenvalue weighted by atomic mass is 10.0. The first-order valence-corrected chi connectivity index (χ1v) is 14.2. The summed E-state index contributed by atoms with van der Waals surface area (Å²) in [6.45, 7) is 3.26. The average molecular weight is 580 g/mol. The van der Waals surface area contributed by atoms with Gasteiger partial charge in [0.1, 0.15) is 11.8 Å². The molecule has 0 saturated carbocycles. The zero-order valence-corrected chi connectivity index (χ0v) is 23.9. The fraction of sp³-hybridized carbons (Fsp3) is 0.400. The van der Waals surface area contributed by atoms with Gasteiger partial charge in [0.25, 0.3) is 5.91 Å². The van der Waals surface area contributed by atoms with Crippen LogP contribution in [0.1, 0.15) is 53.7 Å². The first-order chi connectivity index (χ1) is 19.9. The van der Waals surface area contributed by atoms with Gasteiger partial charge in [0.2, 0.25) is 11.9 Å². The molecule has 1 fully saturated rings. The molecule has 0 bridgehead atoms. The second kappa shape index (κ2) is 12.8. The first kappa shape index (κ1) is 28.8. The molecule has 11 heteroatoms. The Bertz CT molecular complexity index is 1410. The van der Waals surface area contributed by atoms with E-state index < -0.39 is 12.1 Å². The highest BCUT2D eigenvalue weighted by atomic mass is 35.5. The monoisotopic (exact) mass is 579 g/mol. The van der Waals surface area contributed by atoms with Crippen LogP contribution in [0, 0.1) is 0 Å². The summed E-state index contributed by atoms with van der Waals surface area (Å²) >= 11 is 6.49. The number of carbonyl (C=O) groups is 2. The summed E-state index contributed by atoms with van der Waals surface area (Å²) in [4.78, 5) is 37.6. The summed E-state index contributed by atoms with van der Waals surface area (Å²) in [5.41, 5.74) is 3.26. The molecule has 1 saturated heterocycles. The Morgan fingerprint density at radius 2 is 2.05 bits per heavy atom. The molecule has 0 radical (unpaired) electrons. The second-order valence-electron chi connectivity index (χ2n) is 10.2. The van der Waals surface area contributed by atoms with E-state index in [1.54, 1.807) is 42.5 Å². The van der Waals surface area contributed by atoms with Gasteiger partial charge in [0.05, 0.1) is 36.7 Å². The summed E-state index contributed by atoms with van der Waals surface area (Å²) in [5.74, 6) is 0.523. The van der Waals surface area contributed by atoms with E-state index in [9.17, 15) is 14.7 Å². The van der Waals surface area contributed by atoms with Crippen LogP contribution in [0.3, 0.4) is 0 Å². The van der Waals surface area contributed by atoms with Crippen molar-refractivity contribution >= 4 is 29.4 Å². The van der Waals surface area contributed by atoms with Crippen molar-refractivity contribution in [3.63, 3.8) is 0 Å². The van der Waals surface area contributed by atoms with Crippen LogP contribution in [0.5, 0.6) is 5.75 Å². The summed E-state index contributed by atoms with van der Waals surface area (Å²) in [7, 11) is 1.56. The average Bonchev–Trinajstić information content (AvgIpc) is 3.32. The molecular weight excluding hydrogens is 546 g/mol. The lowest BCUT2D eigenvalue weighted by Crippen LogP contribution is -2.48. The minimum atomic E-state index is -0.712. The van der Waals surface area contributed by atoms with Gasteiger partial charge in [-0.25, -0.2) is 9.97 Å². The quantitative estimate of drug-likeness (QED) is 0.329. The Morgan fingerprint density at radius 3 is 2.78 bits per heavy atom. The lowest BCUT2D eigenvalue weighted by Gasteiger charge is -2.28. The van der Waals surface area contributed by atoms with Crippen molar-refractivity contribution in [2.75, 3.05) is 32.2 Å². The number of halogens is 1. The van der Waals surface area contributed by atoms with Gasteiger partial charge in [-0.2, -0.15) is 0 Å². The number of rotatable bonds is 10. The summed E-state index contributed by atoms with van der Waals surface area (Å²) in [5, 5.41) is 16.6. The van der Waals surface area contributed by atoms with Gasteiger partial charge < -0.3 is 30.1 Å². The van der Waals surface area contributed by atoms with E-state index in [0.717, 1.165) is 18.4 Å². The fourth-order valence-corrected chi connectivity index (χ4v) is 5.49. The molecule has 2 aliphatic rings. The van der Waals surface area contributed by atoms with Crippen LogP contribution >= 0.6 is 11.6 Å². The Kier molecular flexibility index (Phi) is 9.02. The zero-order valence-electron chi connectivity index (χ0n) is 23.1. The number of amides is 2. The number of anilines is 1. The van der Waals surface area contributed by atoms with Crippen LogP contribution in [0.2, 0.25) is 5.02 Å². The van der Waals surface area contributed by atoms with Gasteiger partial charge in [0.15, 0.2) is 0 Å². The smallest absolute Gasteiger partial charge is 0.255 e.